The standard InChI is InChI=1S/C20H32N2O2/c1-7-9-18-14-19(22(21-18)16(4)5)20(23)24-13-12-17(6)11-8-10-15(2)3/h10,12,14,16H,7-9,11,13H2,1-6H3/b17-12+. The van der Waals surface area contributed by atoms with Gasteiger partial charge in [-0.3, -0.25) is 4.68 Å². The van der Waals surface area contributed by atoms with Crippen molar-refractivity contribution in [2.75, 3.05) is 6.61 Å². The van der Waals surface area contributed by atoms with E-state index in [1.54, 1.807) is 4.68 Å². The minimum atomic E-state index is -0.299. The number of esters is 1. The highest BCUT2D eigenvalue weighted by atomic mass is 16.5. The molecule has 0 aliphatic carbocycles. The van der Waals surface area contributed by atoms with Crippen LogP contribution >= 0.6 is 0 Å². The summed E-state index contributed by atoms with van der Waals surface area (Å²) in [6.07, 6.45) is 8.12. The molecule has 4 nitrogen and oxygen atoms in total. The van der Waals surface area contributed by atoms with Crippen molar-refractivity contribution in [1.82, 2.24) is 9.78 Å². The van der Waals surface area contributed by atoms with Gasteiger partial charge in [0.15, 0.2) is 0 Å². The maximum atomic E-state index is 12.4. The van der Waals surface area contributed by atoms with E-state index < -0.39 is 0 Å². The van der Waals surface area contributed by atoms with Crippen LogP contribution in [0.2, 0.25) is 0 Å². The maximum absolute atomic E-state index is 12.4. The molecule has 0 fully saturated rings. The smallest absolute Gasteiger partial charge is 0.356 e. The molecule has 0 amide bonds. The number of allylic oxidation sites excluding steroid dienone is 3. The molecule has 1 aromatic heterocycles. The lowest BCUT2D eigenvalue weighted by Gasteiger charge is -2.10. The van der Waals surface area contributed by atoms with Crippen LogP contribution in [-0.2, 0) is 11.2 Å². The summed E-state index contributed by atoms with van der Waals surface area (Å²) in [6, 6.07) is 2.00. The molecule has 0 spiro atoms. The predicted molar refractivity (Wildman–Crippen MR) is 99.3 cm³/mol. The van der Waals surface area contributed by atoms with E-state index in [9.17, 15) is 4.79 Å². The van der Waals surface area contributed by atoms with E-state index in [0.717, 1.165) is 31.4 Å². The van der Waals surface area contributed by atoms with Gasteiger partial charge in [-0.05, 0) is 66.0 Å². The van der Waals surface area contributed by atoms with Crippen molar-refractivity contribution in [2.45, 2.75) is 73.3 Å². The summed E-state index contributed by atoms with van der Waals surface area (Å²) >= 11 is 0. The molecule has 134 valence electrons. The molecule has 1 aromatic rings. The van der Waals surface area contributed by atoms with Gasteiger partial charge in [0.05, 0.1) is 5.69 Å². The van der Waals surface area contributed by atoms with Crippen LogP contribution in [0.1, 0.15) is 83.0 Å². The molecular formula is C20H32N2O2. The molecule has 0 aliphatic heterocycles. The molecule has 0 bridgehead atoms. The van der Waals surface area contributed by atoms with Crippen LogP contribution < -0.4 is 0 Å². The maximum Gasteiger partial charge on any atom is 0.356 e. The zero-order valence-corrected chi connectivity index (χ0v) is 16.1. The van der Waals surface area contributed by atoms with Crippen LogP contribution in [0.25, 0.3) is 0 Å². The van der Waals surface area contributed by atoms with Crippen molar-refractivity contribution in [1.29, 1.82) is 0 Å². The van der Waals surface area contributed by atoms with Gasteiger partial charge in [0, 0.05) is 6.04 Å². The average Bonchev–Trinajstić information content (AvgIpc) is 2.91. The number of carbonyl (C=O) groups is 1. The van der Waals surface area contributed by atoms with E-state index in [1.165, 1.54) is 11.1 Å². The first-order valence-electron chi connectivity index (χ1n) is 8.89. The Hall–Kier alpha value is -1.84. The molecule has 0 radical (unpaired) electrons. The van der Waals surface area contributed by atoms with Crippen LogP contribution in [0.3, 0.4) is 0 Å². The Balaban J connectivity index is 2.63. The van der Waals surface area contributed by atoms with E-state index in [1.807, 2.05) is 26.0 Å². The molecule has 0 aliphatic rings. The van der Waals surface area contributed by atoms with Crippen molar-refractivity contribution in [2.24, 2.45) is 0 Å². The minimum Gasteiger partial charge on any atom is -0.457 e. The lowest BCUT2D eigenvalue weighted by Crippen LogP contribution is -2.15. The molecule has 0 unspecified atom stereocenters. The van der Waals surface area contributed by atoms with Crippen molar-refractivity contribution in [3.05, 3.63) is 40.8 Å². The second kappa shape index (κ2) is 10.1. The lowest BCUT2D eigenvalue weighted by molar-refractivity contribution is 0.0532. The predicted octanol–water partition coefficient (Wildman–Crippen LogP) is 5.27. The third-order valence-corrected chi connectivity index (χ3v) is 3.73. The Morgan fingerprint density at radius 2 is 2.00 bits per heavy atom. The number of nitrogens with zero attached hydrogens (tertiary/aromatic N) is 2. The topological polar surface area (TPSA) is 44.1 Å². The molecule has 4 heteroatoms. The first-order valence-corrected chi connectivity index (χ1v) is 8.89. The zero-order chi connectivity index (χ0) is 18.1. The summed E-state index contributed by atoms with van der Waals surface area (Å²) in [4.78, 5) is 12.4. The highest BCUT2D eigenvalue weighted by Gasteiger charge is 2.18. The van der Waals surface area contributed by atoms with Crippen LogP contribution in [0.15, 0.2) is 29.4 Å². The van der Waals surface area contributed by atoms with Gasteiger partial charge < -0.3 is 4.74 Å². The fraction of sp³-hybridized carbons (Fsp3) is 0.600. The van der Waals surface area contributed by atoms with Gasteiger partial charge in [0.25, 0.3) is 0 Å². The molecule has 0 atom stereocenters. The largest absolute Gasteiger partial charge is 0.457 e. The minimum absolute atomic E-state index is 0.138. The molecule has 1 rings (SSSR count). The summed E-state index contributed by atoms with van der Waals surface area (Å²) in [5, 5.41) is 4.51. The van der Waals surface area contributed by atoms with Gasteiger partial charge in [-0.25, -0.2) is 4.79 Å². The molecule has 24 heavy (non-hydrogen) atoms. The monoisotopic (exact) mass is 332 g/mol. The third-order valence-electron chi connectivity index (χ3n) is 3.73. The SMILES string of the molecule is CCCc1cc(C(=O)OC/C=C(\C)CCC=C(C)C)n(C(C)C)n1. The highest BCUT2D eigenvalue weighted by molar-refractivity contribution is 5.87. The summed E-state index contributed by atoms with van der Waals surface area (Å²) < 4.78 is 7.18. The van der Waals surface area contributed by atoms with E-state index in [2.05, 4.69) is 38.9 Å². The molecule has 0 aromatic carbocycles. The van der Waals surface area contributed by atoms with Crippen molar-refractivity contribution in [3.8, 4) is 0 Å². The van der Waals surface area contributed by atoms with Crippen LogP contribution in [0.5, 0.6) is 0 Å². The normalized spacial score (nSPS) is 11.7. The second-order valence-electron chi connectivity index (χ2n) is 6.78. The fourth-order valence-electron chi connectivity index (χ4n) is 2.39. The number of rotatable bonds is 9. The quantitative estimate of drug-likeness (QED) is 0.457. The Kier molecular flexibility index (Phi) is 8.51. The van der Waals surface area contributed by atoms with Crippen molar-refractivity contribution >= 4 is 5.97 Å². The molecule has 1 heterocycles. The van der Waals surface area contributed by atoms with Crippen LogP contribution in [0, 0.1) is 0 Å². The van der Waals surface area contributed by atoms with Gasteiger partial charge in [-0.15, -0.1) is 0 Å². The molecule has 0 N–H and O–H groups in total. The summed E-state index contributed by atoms with van der Waals surface area (Å²) in [7, 11) is 0. The first kappa shape index (κ1) is 20.2. The molecule has 0 saturated carbocycles. The Bertz CT molecular complexity index is 591. The van der Waals surface area contributed by atoms with Crippen molar-refractivity contribution in [3.63, 3.8) is 0 Å². The highest BCUT2D eigenvalue weighted by Crippen LogP contribution is 2.14. The first-order chi connectivity index (χ1) is 11.3. The molecular weight excluding hydrogens is 300 g/mol. The van der Waals surface area contributed by atoms with Gasteiger partial charge in [-0.2, -0.15) is 5.10 Å². The average molecular weight is 332 g/mol. The van der Waals surface area contributed by atoms with E-state index in [0.29, 0.717) is 12.3 Å². The number of ether oxygens (including phenoxy) is 1. The van der Waals surface area contributed by atoms with Crippen LogP contribution in [-0.4, -0.2) is 22.4 Å². The van der Waals surface area contributed by atoms with E-state index >= 15 is 0 Å². The second-order valence-corrected chi connectivity index (χ2v) is 6.78. The third kappa shape index (κ3) is 6.73. The number of hydrogen-bond donors (Lipinski definition) is 0. The van der Waals surface area contributed by atoms with Gasteiger partial charge in [0.1, 0.15) is 12.3 Å². The van der Waals surface area contributed by atoms with E-state index in [-0.39, 0.29) is 12.0 Å². The fourth-order valence-corrected chi connectivity index (χ4v) is 2.39. The zero-order valence-electron chi connectivity index (χ0n) is 16.1. The number of hydrogen-bond acceptors (Lipinski definition) is 3. The van der Waals surface area contributed by atoms with Gasteiger partial charge in [0.2, 0.25) is 0 Å². The summed E-state index contributed by atoms with van der Waals surface area (Å²) in [5.74, 6) is -0.299. The number of aryl methyl sites for hydroxylation is 1. The van der Waals surface area contributed by atoms with Gasteiger partial charge in [-0.1, -0.05) is 30.6 Å². The number of carbonyl (C=O) groups excluding carboxylic acids is 1. The Morgan fingerprint density at radius 3 is 2.58 bits per heavy atom. The van der Waals surface area contributed by atoms with Gasteiger partial charge >= 0.3 is 5.97 Å². The summed E-state index contributed by atoms with van der Waals surface area (Å²) in [5.41, 5.74) is 4.07. The number of aromatic nitrogens is 2. The molecule has 0 saturated heterocycles. The van der Waals surface area contributed by atoms with Crippen LogP contribution in [0.4, 0.5) is 0 Å². The Morgan fingerprint density at radius 1 is 1.29 bits per heavy atom. The Labute approximate surface area is 146 Å². The van der Waals surface area contributed by atoms with E-state index in [4.69, 9.17) is 4.74 Å². The summed E-state index contributed by atoms with van der Waals surface area (Å²) in [6.45, 7) is 12.7. The lowest BCUT2D eigenvalue weighted by atomic mass is 10.1. The van der Waals surface area contributed by atoms with Crippen molar-refractivity contribution < 1.29 is 9.53 Å².